The van der Waals surface area contributed by atoms with Gasteiger partial charge in [0.05, 0.1) is 0 Å². The molecule has 0 heterocycles. The summed E-state index contributed by atoms with van der Waals surface area (Å²) in [4.78, 5) is 1.05. The molecule has 5 heteroatoms. The maximum atomic E-state index is 10.2. The molecule has 0 saturated heterocycles. The molecule has 0 atom stereocenters. The molecule has 50 valence electrons. The van der Waals surface area contributed by atoms with Crippen LogP contribution in [0.1, 0.15) is 0 Å². The zero-order chi connectivity index (χ0) is 7.33. The fraction of sp³-hybridized carbons (Fsp3) is 0.250. The van der Waals surface area contributed by atoms with Crippen molar-refractivity contribution in [2.75, 3.05) is 6.61 Å². The molecule has 0 aromatic heterocycles. The third-order valence-electron chi connectivity index (χ3n) is 0.453. The van der Waals surface area contributed by atoms with Gasteiger partial charge >= 0.3 is 54.0 Å². The van der Waals surface area contributed by atoms with Gasteiger partial charge < -0.3 is 0 Å². The average Bonchev–Trinajstić information content (AvgIpc) is 1.84. The van der Waals surface area contributed by atoms with Crippen LogP contribution in [-0.4, -0.2) is 19.6 Å². The second-order valence-corrected chi connectivity index (χ2v) is 3.90. The maximum absolute atomic E-state index is 10.2. The van der Waals surface area contributed by atoms with Gasteiger partial charge in [-0.05, 0) is 0 Å². The molecule has 4 nitrogen and oxygen atoms in total. The molecule has 0 N–H and O–H groups in total. The van der Waals surface area contributed by atoms with Crippen molar-refractivity contribution in [1.29, 1.82) is 5.26 Å². The summed E-state index contributed by atoms with van der Waals surface area (Å²) in [5.74, 6) is 0. The number of nitriles is 1. The van der Waals surface area contributed by atoms with Gasteiger partial charge in [0.1, 0.15) is 0 Å². The third kappa shape index (κ3) is 3.86. The van der Waals surface area contributed by atoms with Crippen LogP contribution in [0.2, 0.25) is 0 Å². The van der Waals surface area contributed by atoms with Crippen LogP contribution < -0.4 is 0 Å². The van der Waals surface area contributed by atoms with Crippen LogP contribution in [0.4, 0.5) is 0 Å². The Kier molecular flexibility index (Phi) is 3.10. The Hall–Kier alpha value is -0.691. The quantitative estimate of drug-likeness (QED) is 0.470. The van der Waals surface area contributed by atoms with Gasteiger partial charge in [0, 0.05) is 0 Å². The topological polar surface area (TPSA) is 67.2 Å². The normalized spacial score (nSPS) is 10.1. The van der Waals surface area contributed by atoms with E-state index in [4.69, 9.17) is 5.26 Å². The minimum atomic E-state index is -4.63. The SMILES string of the molecule is C=CCO[Se](=O)(=O)C#N. The molecular formula is C4H5NO3Se. The van der Waals surface area contributed by atoms with E-state index in [-0.39, 0.29) is 6.61 Å². The van der Waals surface area contributed by atoms with Crippen LogP contribution in [-0.2, 0) is 11.5 Å². The van der Waals surface area contributed by atoms with E-state index in [0.717, 1.165) is 4.97 Å². The fourth-order valence-corrected chi connectivity index (χ4v) is 0.852. The van der Waals surface area contributed by atoms with Crippen LogP contribution >= 0.6 is 0 Å². The van der Waals surface area contributed by atoms with Crippen LogP contribution in [0.5, 0.6) is 0 Å². The van der Waals surface area contributed by atoms with Gasteiger partial charge in [-0.1, -0.05) is 0 Å². The van der Waals surface area contributed by atoms with E-state index in [0.29, 0.717) is 0 Å². The minimum absolute atomic E-state index is 0.124. The van der Waals surface area contributed by atoms with Crippen molar-refractivity contribution in [3.63, 3.8) is 0 Å². The van der Waals surface area contributed by atoms with E-state index < -0.39 is 13.0 Å². The first-order valence-corrected chi connectivity index (χ1v) is 4.99. The molecule has 0 radical (unpaired) electrons. The van der Waals surface area contributed by atoms with Crippen molar-refractivity contribution >= 4 is 13.0 Å². The number of nitrogens with zero attached hydrogens (tertiary/aromatic N) is 1. The zero-order valence-electron chi connectivity index (χ0n) is 4.57. The van der Waals surface area contributed by atoms with Crippen LogP contribution in [0.3, 0.4) is 0 Å². The van der Waals surface area contributed by atoms with Crippen molar-refractivity contribution in [3.05, 3.63) is 12.7 Å². The molecular weight excluding hydrogens is 189 g/mol. The molecule has 0 saturated carbocycles. The number of hydrogen-bond acceptors (Lipinski definition) is 4. The summed E-state index contributed by atoms with van der Waals surface area (Å²) in [7, 11) is 0. The molecule has 0 unspecified atom stereocenters. The van der Waals surface area contributed by atoms with E-state index in [9.17, 15) is 7.67 Å². The Morgan fingerprint density at radius 3 is 2.67 bits per heavy atom. The summed E-state index contributed by atoms with van der Waals surface area (Å²) in [6.45, 7) is 3.09. The molecule has 0 bridgehead atoms. The first-order valence-electron chi connectivity index (χ1n) is 2.03. The standard InChI is InChI=1S/C4H5NO3Se/c1-2-3-8-9(6,7)4-5/h2H,1,3H2. The van der Waals surface area contributed by atoms with Crippen LogP contribution in [0.15, 0.2) is 12.7 Å². The number of rotatable bonds is 3. The van der Waals surface area contributed by atoms with Gasteiger partial charge in [0.2, 0.25) is 0 Å². The second kappa shape index (κ2) is 3.36. The Morgan fingerprint density at radius 1 is 1.78 bits per heavy atom. The van der Waals surface area contributed by atoms with Gasteiger partial charge in [-0.25, -0.2) is 0 Å². The molecule has 9 heavy (non-hydrogen) atoms. The van der Waals surface area contributed by atoms with Crippen molar-refractivity contribution < 1.29 is 11.5 Å². The van der Waals surface area contributed by atoms with Gasteiger partial charge in [-0.15, -0.1) is 0 Å². The summed E-state index contributed by atoms with van der Waals surface area (Å²) >= 11 is -4.63. The predicted octanol–water partition coefficient (Wildman–Crippen LogP) is 0.0517. The summed E-state index contributed by atoms with van der Waals surface area (Å²) in [6, 6.07) is 0. The molecule has 0 aliphatic rings. The molecule has 0 fully saturated rings. The monoisotopic (exact) mass is 195 g/mol. The second-order valence-electron chi connectivity index (χ2n) is 1.12. The van der Waals surface area contributed by atoms with Crippen molar-refractivity contribution in [2.24, 2.45) is 0 Å². The van der Waals surface area contributed by atoms with Gasteiger partial charge in [-0.3, -0.25) is 0 Å². The van der Waals surface area contributed by atoms with Gasteiger partial charge in [0.25, 0.3) is 0 Å². The molecule has 0 aliphatic heterocycles. The molecule has 0 rings (SSSR count). The molecule has 0 aromatic carbocycles. The van der Waals surface area contributed by atoms with E-state index in [1.165, 1.54) is 6.08 Å². The van der Waals surface area contributed by atoms with Crippen LogP contribution in [0.25, 0.3) is 0 Å². The predicted molar refractivity (Wildman–Crippen MR) is 28.9 cm³/mol. The molecule has 0 aromatic rings. The summed E-state index contributed by atoms with van der Waals surface area (Å²) < 4.78 is 24.5. The summed E-state index contributed by atoms with van der Waals surface area (Å²) in [6.07, 6.45) is 1.26. The fourth-order valence-electron chi connectivity index (χ4n) is 0.164. The Morgan fingerprint density at radius 2 is 2.33 bits per heavy atom. The van der Waals surface area contributed by atoms with E-state index >= 15 is 0 Å². The molecule has 0 amide bonds. The van der Waals surface area contributed by atoms with Crippen molar-refractivity contribution in [1.82, 2.24) is 0 Å². The van der Waals surface area contributed by atoms with E-state index in [2.05, 4.69) is 10.4 Å². The van der Waals surface area contributed by atoms with E-state index in [1.807, 2.05) is 0 Å². The average molecular weight is 194 g/mol. The Labute approximate surface area is 54.7 Å². The number of hydrogen-bond donors (Lipinski definition) is 0. The first kappa shape index (κ1) is 8.31. The summed E-state index contributed by atoms with van der Waals surface area (Å²) in [5.41, 5.74) is 0. The van der Waals surface area contributed by atoms with Crippen molar-refractivity contribution in [3.8, 4) is 4.97 Å². The Balaban J connectivity index is 3.94. The Bertz CT molecular complexity index is 223. The van der Waals surface area contributed by atoms with Crippen LogP contribution in [0, 0.1) is 10.2 Å². The van der Waals surface area contributed by atoms with Gasteiger partial charge in [0.15, 0.2) is 0 Å². The first-order chi connectivity index (χ1) is 4.12. The summed E-state index contributed by atoms with van der Waals surface area (Å²) in [5, 5.41) is 7.86. The van der Waals surface area contributed by atoms with Crippen molar-refractivity contribution in [2.45, 2.75) is 0 Å². The molecule has 0 aliphatic carbocycles. The van der Waals surface area contributed by atoms with E-state index in [1.54, 1.807) is 0 Å². The third-order valence-corrected chi connectivity index (χ3v) is 1.86. The van der Waals surface area contributed by atoms with Gasteiger partial charge in [-0.2, -0.15) is 0 Å². The zero-order valence-corrected chi connectivity index (χ0v) is 6.28. The molecule has 0 spiro atoms.